The van der Waals surface area contributed by atoms with Crippen molar-refractivity contribution in [3.8, 4) is 0 Å². The maximum absolute atomic E-state index is 5.27. The Hall–Kier alpha value is -1.32. The van der Waals surface area contributed by atoms with Gasteiger partial charge in [-0.3, -0.25) is 0 Å². The van der Waals surface area contributed by atoms with Crippen LogP contribution in [-0.2, 0) is 11.3 Å². The van der Waals surface area contributed by atoms with E-state index in [0.29, 0.717) is 0 Å². The number of aromatic amines is 1. The van der Waals surface area contributed by atoms with E-state index in [1.165, 1.54) is 16.5 Å². The van der Waals surface area contributed by atoms with Crippen molar-refractivity contribution in [1.82, 2.24) is 10.3 Å². The Morgan fingerprint density at radius 1 is 1.31 bits per heavy atom. The lowest BCUT2D eigenvalue weighted by Gasteiger charge is -2.03. The molecule has 1 aromatic heterocycles. The van der Waals surface area contributed by atoms with Gasteiger partial charge in [0.05, 0.1) is 6.61 Å². The largest absolute Gasteiger partial charge is 0.380 e. The van der Waals surface area contributed by atoms with Crippen molar-refractivity contribution in [3.63, 3.8) is 0 Å². The minimum absolute atomic E-state index is 0.777. The number of rotatable bonds is 6. The second kappa shape index (κ2) is 5.68. The third kappa shape index (κ3) is 2.62. The highest BCUT2D eigenvalue weighted by Crippen LogP contribution is 2.16. The van der Waals surface area contributed by atoms with Gasteiger partial charge in [-0.1, -0.05) is 18.2 Å². The molecule has 0 aliphatic rings. The first-order valence-corrected chi connectivity index (χ1v) is 5.75. The number of nitrogens with one attached hydrogen (secondary N) is 2. The Kier molecular flexibility index (Phi) is 3.97. The number of ether oxygens (including phenoxy) is 1. The van der Waals surface area contributed by atoms with Gasteiger partial charge in [0.2, 0.25) is 0 Å². The number of para-hydroxylation sites is 1. The highest BCUT2D eigenvalue weighted by molar-refractivity contribution is 5.82. The molecule has 2 N–H and O–H groups in total. The molecular formula is C13H18N2O. The van der Waals surface area contributed by atoms with Crippen LogP contribution < -0.4 is 5.32 Å². The van der Waals surface area contributed by atoms with E-state index in [1.54, 1.807) is 0 Å². The Labute approximate surface area is 95.8 Å². The molecule has 0 radical (unpaired) electrons. The highest BCUT2D eigenvalue weighted by atomic mass is 16.5. The van der Waals surface area contributed by atoms with Gasteiger partial charge in [-0.25, -0.2) is 0 Å². The van der Waals surface area contributed by atoms with Crippen LogP contribution in [0.3, 0.4) is 0 Å². The van der Waals surface area contributed by atoms with E-state index >= 15 is 0 Å². The highest BCUT2D eigenvalue weighted by Gasteiger charge is 2.01. The summed E-state index contributed by atoms with van der Waals surface area (Å²) in [6.45, 7) is 5.36. The van der Waals surface area contributed by atoms with E-state index in [0.717, 1.165) is 26.3 Å². The van der Waals surface area contributed by atoms with Gasteiger partial charge in [-0.05, 0) is 18.6 Å². The maximum Gasteiger partial charge on any atom is 0.0590 e. The molecule has 3 nitrogen and oxygen atoms in total. The van der Waals surface area contributed by atoms with E-state index in [-0.39, 0.29) is 0 Å². The average Bonchev–Trinajstić information content (AvgIpc) is 2.73. The first-order chi connectivity index (χ1) is 7.92. The maximum atomic E-state index is 5.27. The van der Waals surface area contributed by atoms with Crippen LogP contribution in [-0.4, -0.2) is 24.7 Å². The van der Waals surface area contributed by atoms with Crippen LogP contribution in [0, 0.1) is 0 Å². The van der Waals surface area contributed by atoms with E-state index in [9.17, 15) is 0 Å². The summed E-state index contributed by atoms with van der Waals surface area (Å²) in [6, 6.07) is 8.36. The van der Waals surface area contributed by atoms with Crippen LogP contribution in [0.5, 0.6) is 0 Å². The summed E-state index contributed by atoms with van der Waals surface area (Å²) in [6.07, 6.45) is 2.07. The number of aromatic nitrogens is 1. The molecule has 2 aromatic rings. The zero-order valence-corrected chi connectivity index (χ0v) is 9.62. The number of benzene rings is 1. The number of hydrogen-bond donors (Lipinski definition) is 2. The van der Waals surface area contributed by atoms with Gasteiger partial charge in [0.25, 0.3) is 0 Å². The predicted molar refractivity (Wildman–Crippen MR) is 66.5 cm³/mol. The predicted octanol–water partition coefficient (Wildman–Crippen LogP) is 2.29. The van der Waals surface area contributed by atoms with Gasteiger partial charge in [0.1, 0.15) is 0 Å². The van der Waals surface area contributed by atoms with Crippen molar-refractivity contribution < 1.29 is 4.74 Å². The lowest BCUT2D eigenvalue weighted by Crippen LogP contribution is -2.18. The summed E-state index contributed by atoms with van der Waals surface area (Å²) >= 11 is 0. The van der Waals surface area contributed by atoms with Gasteiger partial charge in [-0.2, -0.15) is 0 Å². The van der Waals surface area contributed by atoms with Crippen LogP contribution in [0.2, 0.25) is 0 Å². The second-order valence-corrected chi connectivity index (χ2v) is 3.73. The molecule has 0 aliphatic heterocycles. The molecule has 0 atom stereocenters. The van der Waals surface area contributed by atoms with Crippen LogP contribution in [0.15, 0.2) is 30.5 Å². The van der Waals surface area contributed by atoms with Gasteiger partial charge < -0.3 is 15.0 Å². The number of fused-ring (bicyclic) bond motifs is 1. The van der Waals surface area contributed by atoms with Crippen LogP contribution >= 0.6 is 0 Å². The van der Waals surface area contributed by atoms with Gasteiger partial charge in [0, 0.05) is 36.8 Å². The molecule has 2 rings (SSSR count). The molecule has 1 aromatic carbocycles. The summed E-state index contributed by atoms with van der Waals surface area (Å²) in [4.78, 5) is 3.27. The lowest BCUT2D eigenvalue weighted by molar-refractivity contribution is 0.149. The van der Waals surface area contributed by atoms with Crippen molar-refractivity contribution in [1.29, 1.82) is 0 Å². The fourth-order valence-electron chi connectivity index (χ4n) is 1.79. The van der Waals surface area contributed by atoms with Crippen molar-refractivity contribution >= 4 is 10.9 Å². The summed E-state index contributed by atoms with van der Waals surface area (Å²) in [5, 5.41) is 4.67. The molecule has 0 saturated heterocycles. The Balaban J connectivity index is 1.89. The minimum atomic E-state index is 0.777. The third-order valence-electron chi connectivity index (χ3n) is 2.62. The van der Waals surface area contributed by atoms with E-state index in [4.69, 9.17) is 4.74 Å². The molecule has 16 heavy (non-hydrogen) atoms. The molecule has 3 heteroatoms. The Morgan fingerprint density at radius 2 is 2.19 bits per heavy atom. The molecule has 1 heterocycles. The van der Waals surface area contributed by atoms with Crippen LogP contribution in [0.25, 0.3) is 10.9 Å². The smallest absolute Gasteiger partial charge is 0.0590 e. The van der Waals surface area contributed by atoms with Gasteiger partial charge >= 0.3 is 0 Å². The van der Waals surface area contributed by atoms with Gasteiger partial charge in [0.15, 0.2) is 0 Å². The van der Waals surface area contributed by atoms with Crippen molar-refractivity contribution in [3.05, 3.63) is 36.0 Å². The second-order valence-electron chi connectivity index (χ2n) is 3.73. The molecular weight excluding hydrogens is 200 g/mol. The fourth-order valence-corrected chi connectivity index (χ4v) is 1.79. The van der Waals surface area contributed by atoms with Crippen molar-refractivity contribution in [2.24, 2.45) is 0 Å². The SMILES string of the molecule is CCOCCNCc1c[nH]c2ccccc12. The molecule has 0 amide bonds. The first kappa shape index (κ1) is 11.2. The average molecular weight is 218 g/mol. The standard InChI is InChI=1S/C13H18N2O/c1-2-16-8-7-14-9-11-10-15-13-6-4-3-5-12(11)13/h3-6,10,14-15H,2,7-9H2,1H3. The zero-order chi connectivity index (χ0) is 11.2. The molecule has 0 aliphatic carbocycles. The monoisotopic (exact) mass is 218 g/mol. The first-order valence-electron chi connectivity index (χ1n) is 5.75. The quantitative estimate of drug-likeness (QED) is 0.730. The molecule has 0 unspecified atom stereocenters. The van der Waals surface area contributed by atoms with E-state index < -0.39 is 0 Å². The Morgan fingerprint density at radius 3 is 3.06 bits per heavy atom. The minimum Gasteiger partial charge on any atom is -0.380 e. The molecule has 0 bridgehead atoms. The van der Waals surface area contributed by atoms with E-state index in [1.807, 2.05) is 13.0 Å². The topological polar surface area (TPSA) is 37.0 Å². The van der Waals surface area contributed by atoms with Crippen LogP contribution in [0.4, 0.5) is 0 Å². The normalized spacial score (nSPS) is 11.1. The summed E-state index contributed by atoms with van der Waals surface area (Å²) in [7, 11) is 0. The lowest BCUT2D eigenvalue weighted by atomic mass is 10.2. The molecule has 0 spiro atoms. The molecule has 0 fully saturated rings. The van der Waals surface area contributed by atoms with Crippen molar-refractivity contribution in [2.75, 3.05) is 19.8 Å². The molecule has 86 valence electrons. The van der Waals surface area contributed by atoms with Crippen molar-refractivity contribution in [2.45, 2.75) is 13.5 Å². The van der Waals surface area contributed by atoms with Gasteiger partial charge in [-0.15, -0.1) is 0 Å². The summed E-state index contributed by atoms with van der Waals surface area (Å²) < 4.78 is 5.27. The zero-order valence-electron chi connectivity index (χ0n) is 9.62. The van der Waals surface area contributed by atoms with E-state index in [2.05, 4.69) is 34.7 Å². The Bertz CT molecular complexity index is 436. The molecule has 0 saturated carbocycles. The number of hydrogen-bond acceptors (Lipinski definition) is 2. The third-order valence-corrected chi connectivity index (χ3v) is 2.62. The summed E-state index contributed by atoms with van der Waals surface area (Å²) in [5.41, 5.74) is 2.51. The fraction of sp³-hybridized carbons (Fsp3) is 0.385. The number of H-pyrrole nitrogens is 1. The van der Waals surface area contributed by atoms with Crippen LogP contribution in [0.1, 0.15) is 12.5 Å². The summed E-state index contributed by atoms with van der Waals surface area (Å²) in [5.74, 6) is 0.